The molecule has 42 heavy (non-hydrogen) atoms. The second kappa shape index (κ2) is 14.9. The number of aryl methyl sites for hydroxylation is 2. The van der Waals surface area contributed by atoms with Crippen molar-refractivity contribution in [2.45, 2.75) is 77.9 Å². The van der Waals surface area contributed by atoms with Gasteiger partial charge in [0.15, 0.2) is 0 Å². The summed E-state index contributed by atoms with van der Waals surface area (Å²) in [4.78, 5) is 41.0. The lowest BCUT2D eigenvalue weighted by Crippen LogP contribution is -2.41. The third-order valence-corrected chi connectivity index (χ3v) is 7.11. The molecule has 4 rings (SSSR count). The Morgan fingerprint density at radius 2 is 1.86 bits per heavy atom. The average molecular weight is 576 g/mol. The second-order valence-corrected chi connectivity index (χ2v) is 11.9. The molecule has 0 saturated heterocycles. The summed E-state index contributed by atoms with van der Waals surface area (Å²) < 4.78 is 5.75. The predicted octanol–water partition coefficient (Wildman–Crippen LogP) is 4.36. The quantitative estimate of drug-likeness (QED) is 0.190. The van der Waals surface area contributed by atoms with Crippen LogP contribution in [0.15, 0.2) is 42.6 Å². The number of para-hydroxylation sites is 2. The largest absolute Gasteiger partial charge is 0.458 e. The number of amides is 1. The maximum Gasteiger partial charge on any atom is 0.329 e. The van der Waals surface area contributed by atoms with Crippen molar-refractivity contribution in [3.05, 3.63) is 53.9 Å². The number of pyridine rings is 1. The van der Waals surface area contributed by atoms with Crippen LogP contribution in [0.4, 0.5) is 11.6 Å². The van der Waals surface area contributed by atoms with Gasteiger partial charge in [-0.1, -0.05) is 18.2 Å². The monoisotopic (exact) mass is 575 g/mol. The standard InChI is InChI=1S/C32H45N7O3/c1-23(40)33-18-21-39(19-8-7-11-25-15-14-24-10-9-17-34-30(24)36-25)20-16-28(31(41)42-32(2,3)4)38-29-22-35-26-12-5-6-13-27(26)37-29/h5-6,12-15,22,28H,7-11,16-21H2,1-4H3,(H,33,40)(H,34,36)(H,37,38). The predicted molar refractivity (Wildman–Crippen MR) is 167 cm³/mol. The van der Waals surface area contributed by atoms with Crippen LogP contribution in [-0.2, 0) is 27.2 Å². The normalized spacial score (nSPS) is 13.7. The molecule has 226 valence electrons. The van der Waals surface area contributed by atoms with Crippen LogP contribution < -0.4 is 16.0 Å². The number of nitrogens with zero attached hydrogens (tertiary/aromatic N) is 4. The van der Waals surface area contributed by atoms with Gasteiger partial charge in [0.05, 0.1) is 17.2 Å². The molecule has 1 atom stereocenters. The van der Waals surface area contributed by atoms with Crippen LogP contribution in [0.5, 0.6) is 0 Å². The Balaban J connectivity index is 1.37. The van der Waals surface area contributed by atoms with Crippen LogP contribution >= 0.6 is 0 Å². The number of carbonyl (C=O) groups excluding carboxylic acids is 2. The van der Waals surface area contributed by atoms with E-state index in [2.05, 4.69) is 43.0 Å². The van der Waals surface area contributed by atoms with Crippen molar-refractivity contribution >= 4 is 34.5 Å². The summed E-state index contributed by atoms with van der Waals surface area (Å²) >= 11 is 0. The molecule has 3 N–H and O–H groups in total. The Labute approximate surface area is 249 Å². The number of carbonyl (C=O) groups is 2. The molecule has 2 aromatic heterocycles. The number of nitrogens with one attached hydrogen (secondary N) is 3. The molecule has 1 aromatic carbocycles. The minimum absolute atomic E-state index is 0.0507. The summed E-state index contributed by atoms with van der Waals surface area (Å²) in [5.41, 5.74) is 3.35. The summed E-state index contributed by atoms with van der Waals surface area (Å²) in [6, 6.07) is 11.4. The van der Waals surface area contributed by atoms with Crippen LogP contribution in [0.2, 0.25) is 0 Å². The van der Waals surface area contributed by atoms with Crippen LogP contribution in [-0.4, -0.2) is 76.1 Å². The van der Waals surface area contributed by atoms with Gasteiger partial charge in [-0.05, 0) is 89.6 Å². The first-order chi connectivity index (χ1) is 20.2. The molecule has 0 spiro atoms. The number of unbranched alkanes of at least 4 members (excludes halogenated alkanes) is 1. The molecule has 1 aliphatic rings. The van der Waals surface area contributed by atoms with E-state index in [4.69, 9.17) is 9.72 Å². The lowest BCUT2D eigenvalue weighted by molar-refractivity contribution is -0.156. The van der Waals surface area contributed by atoms with Gasteiger partial charge in [0.1, 0.15) is 23.3 Å². The summed E-state index contributed by atoms with van der Waals surface area (Å²) in [5.74, 6) is 1.19. The van der Waals surface area contributed by atoms with E-state index in [0.29, 0.717) is 31.9 Å². The highest BCUT2D eigenvalue weighted by atomic mass is 16.6. The van der Waals surface area contributed by atoms with Gasteiger partial charge in [-0.15, -0.1) is 0 Å². The number of anilines is 2. The number of ether oxygens (including phenoxy) is 1. The number of hydrogen-bond donors (Lipinski definition) is 3. The van der Waals surface area contributed by atoms with Gasteiger partial charge in [-0.2, -0.15) is 0 Å². The number of aromatic nitrogens is 3. The van der Waals surface area contributed by atoms with Gasteiger partial charge < -0.3 is 25.6 Å². The first-order valence-electron chi connectivity index (χ1n) is 15.1. The molecule has 3 heterocycles. The molecule has 10 heteroatoms. The molecule has 10 nitrogen and oxygen atoms in total. The lowest BCUT2D eigenvalue weighted by Gasteiger charge is -2.28. The highest BCUT2D eigenvalue weighted by Gasteiger charge is 2.26. The van der Waals surface area contributed by atoms with Gasteiger partial charge in [0.25, 0.3) is 0 Å². The third-order valence-electron chi connectivity index (χ3n) is 7.11. The van der Waals surface area contributed by atoms with E-state index in [1.807, 2.05) is 45.0 Å². The topological polar surface area (TPSA) is 121 Å². The van der Waals surface area contributed by atoms with Crippen LogP contribution in [0.1, 0.15) is 64.6 Å². The number of hydrogen-bond acceptors (Lipinski definition) is 9. The Morgan fingerprint density at radius 1 is 1.05 bits per heavy atom. The fourth-order valence-corrected chi connectivity index (χ4v) is 5.01. The highest BCUT2D eigenvalue weighted by molar-refractivity contribution is 5.80. The Hall–Kier alpha value is -3.79. The summed E-state index contributed by atoms with van der Waals surface area (Å²) in [7, 11) is 0. The highest BCUT2D eigenvalue weighted by Crippen LogP contribution is 2.21. The first-order valence-corrected chi connectivity index (χ1v) is 15.1. The molecule has 0 aliphatic carbocycles. The van der Waals surface area contributed by atoms with Crippen molar-refractivity contribution in [1.29, 1.82) is 0 Å². The summed E-state index contributed by atoms with van der Waals surface area (Å²) in [5, 5.41) is 9.59. The molecule has 1 unspecified atom stereocenters. The zero-order chi connectivity index (χ0) is 30.0. The third kappa shape index (κ3) is 9.94. The number of benzene rings is 1. The Morgan fingerprint density at radius 3 is 2.64 bits per heavy atom. The van der Waals surface area contributed by atoms with E-state index in [9.17, 15) is 9.59 Å². The van der Waals surface area contributed by atoms with Gasteiger partial charge >= 0.3 is 5.97 Å². The molecule has 0 bridgehead atoms. The molecular weight excluding hydrogens is 530 g/mol. The maximum atomic E-state index is 13.2. The molecule has 1 amide bonds. The minimum Gasteiger partial charge on any atom is -0.458 e. The zero-order valence-electron chi connectivity index (χ0n) is 25.4. The van der Waals surface area contributed by atoms with Crippen molar-refractivity contribution in [3.8, 4) is 0 Å². The molecule has 0 fully saturated rings. The van der Waals surface area contributed by atoms with Crippen molar-refractivity contribution < 1.29 is 14.3 Å². The van der Waals surface area contributed by atoms with E-state index in [1.54, 1.807) is 6.20 Å². The summed E-state index contributed by atoms with van der Waals surface area (Å²) in [6.07, 6.45) is 7.31. The number of fused-ring (bicyclic) bond motifs is 2. The lowest BCUT2D eigenvalue weighted by atomic mass is 10.1. The number of esters is 1. The molecule has 0 radical (unpaired) electrons. The SMILES string of the molecule is CC(=O)NCCN(CCCCc1ccc2c(n1)NCCC2)CCC(Nc1cnc2ccccc2n1)C(=O)OC(C)(C)C. The zero-order valence-corrected chi connectivity index (χ0v) is 25.4. The molecular formula is C32H45N7O3. The maximum absolute atomic E-state index is 13.2. The van der Waals surface area contributed by atoms with Crippen LogP contribution in [0.25, 0.3) is 11.0 Å². The smallest absolute Gasteiger partial charge is 0.329 e. The number of rotatable bonds is 14. The van der Waals surface area contributed by atoms with Crippen molar-refractivity contribution in [2.75, 3.05) is 43.4 Å². The minimum atomic E-state index is -0.614. The average Bonchev–Trinajstić information content (AvgIpc) is 2.95. The van der Waals surface area contributed by atoms with Gasteiger partial charge in [-0.3, -0.25) is 9.78 Å². The van der Waals surface area contributed by atoms with E-state index < -0.39 is 11.6 Å². The van der Waals surface area contributed by atoms with E-state index >= 15 is 0 Å². The van der Waals surface area contributed by atoms with Crippen molar-refractivity contribution in [3.63, 3.8) is 0 Å². The van der Waals surface area contributed by atoms with E-state index in [0.717, 1.165) is 67.7 Å². The molecule has 3 aromatic rings. The fraction of sp³-hybridized carbons (Fsp3) is 0.531. The van der Waals surface area contributed by atoms with Gasteiger partial charge in [0.2, 0.25) is 5.91 Å². The molecule has 0 saturated carbocycles. The second-order valence-electron chi connectivity index (χ2n) is 11.9. The Bertz CT molecular complexity index is 1340. The first kappa shape index (κ1) is 31.2. The van der Waals surface area contributed by atoms with E-state index in [1.165, 1.54) is 12.5 Å². The van der Waals surface area contributed by atoms with Crippen LogP contribution in [0.3, 0.4) is 0 Å². The Kier molecular flexibility index (Phi) is 11.1. The van der Waals surface area contributed by atoms with E-state index in [-0.39, 0.29) is 11.9 Å². The fourth-order valence-electron chi connectivity index (χ4n) is 5.01. The van der Waals surface area contributed by atoms with Crippen molar-refractivity contribution in [1.82, 2.24) is 25.2 Å². The summed E-state index contributed by atoms with van der Waals surface area (Å²) in [6.45, 7) is 10.8. The van der Waals surface area contributed by atoms with Crippen molar-refractivity contribution in [2.24, 2.45) is 0 Å². The van der Waals surface area contributed by atoms with Crippen LogP contribution in [0, 0.1) is 0 Å². The molecule has 1 aliphatic heterocycles. The van der Waals surface area contributed by atoms with Gasteiger partial charge in [0, 0.05) is 38.8 Å². The van der Waals surface area contributed by atoms with Gasteiger partial charge in [-0.25, -0.2) is 14.8 Å².